The van der Waals surface area contributed by atoms with Gasteiger partial charge in [-0.3, -0.25) is 4.79 Å². The number of hydrogen-bond acceptors (Lipinski definition) is 4. The summed E-state index contributed by atoms with van der Waals surface area (Å²) in [6.45, 7) is 3.98. The number of anilines is 2. The highest BCUT2D eigenvalue weighted by molar-refractivity contribution is 5.91. The second-order valence-corrected chi connectivity index (χ2v) is 4.58. The van der Waals surface area contributed by atoms with E-state index in [-0.39, 0.29) is 0 Å². The highest BCUT2D eigenvalue weighted by atomic mass is 16.3. The number of aliphatic hydroxyl groups is 1. The lowest BCUT2D eigenvalue weighted by Gasteiger charge is -2.08. The van der Waals surface area contributed by atoms with E-state index in [9.17, 15) is 4.79 Å². The number of benzene rings is 1. The van der Waals surface area contributed by atoms with Gasteiger partial charge in [-0.1, -0.05) is 6.07 Å². The molecule has 20 heavy (non-hydrogen) atoms. The molecule has 0 saturated carbocycles. The smallest absolute Gasteiger partial charge is 0.250 e. The molecule has 0 spiro atoms. The molecule has 1 amide bonds. The van der Waals surface area contributed by atoms with Crippen molar-refractivity contribution in [3.8, 4) is 0 Å². The van der Waals surface area contributed by atoms with Crippen LogP contribution in [0.2, 0.25) is 0 Å². The minimum atomic E-state index is -0.523. The van der Waals surface area contributed by atoms with Gasteiger partial charge in [-0.25, -0.2) is 0 Å². The van der Waals surface area contributed by atoms with Crippen LogP contribution in [0.15, 0.2) is 34.7 Å². The Morgan fingerprint density at radius 2 is 2.00 bits per heavy atom. The molecule has 1 heterocycles. The van der Waals surface area contributed by atoms with Crippen LogP contribution in [0.4, 0.5) is 11.4 Å². The first-order valence-electron chi connectivity index (χ1n) is 6.39. The Hall–Kier alpha value is -2.27. The molecule has 106 valence electrons. The van der Waals surface area contributed by atoms with Crippen molar-refractivity contribution >= 4 is 17.3 Å². The number of hydrogen-bond donors (Lipinski definition) is 3. The van der Waals surface area contributed by atoms with E-state index in [4.69, 9.17) is 9.52 Å². The number of aliphatic hydroxyl groups excluding tert-OH is 1. The molecule has 0 fully saturated rings. The quantitative estimate of drug-likeness (QED) is 0.783. The minimum Gasteiger partial charge on any atom is -0.466 e. The molecule has 3 N–H and O–H groups in total. The van der Waals surface area contributed by atoms with Crippen molar-refractivity contribution in [2.24, 2.45) is 0 Å². The lowest BCUT2D eigenvalue weighted by atomic mass is 10.2. The normalized spacial score (nSPS) is 10.3. The molecule has 0 bridgehead atoms. The SMILES string of the molecule is Cc1cc(CNc2cccc(NC(=O)CO)c2)c(C)o1. The summed E-state index contributed by atoms with van der Waals surface area (Å²) >= 11 is 0. The standard InChI is InChI=1S/C15H18N2O3/c1-10-6-12(11(2)20-10)8-16-13-4-3-5-14(7-13)17-15(19)9-18/h3-7,16,18H,8-9H2,1-2H3,(H,17,19). The summed E-state index contributed by atoms with van der Waals surface area (Å²) in [6, 6.07) is 9.33. The largest absolute Gasteiger partial charge is 0.466 e. The van der Waals surface area contributed by atoms with E-state index in [2.05, 4.69) is 10.6 Å². The molecule has 5 heteroatoms. The van der Waals surface area contributed by atoms with E-state index in [1.54, 1.807) is 6.07 Å². The predicted octanol–water partition coefficient (Wildman–Crippen LogP) is 2.44. The van der Waals surface area contributed by atoms with Crippen LogP contribution in [0, 0.1) is 13.8 Å². The maximum Gasteiger partial charge on any atom is 0.250 e. The van der Waals surface area contributed by atoms with Gasteiger partial charge in [-0.05, 0) is 38.1 Å². The Morgan fingerprint density at radius 3 is 2.65 bits per heavy atom. The molecule has 0 aliphatic heterocycles. The van der Waals surface area contributed by atoms with Crippen molar-refractivity contribution in [3.63, 3.8) is 0 Å². The fourth-order valence-electron chi connectivity index (χ4n) is 1.96. The summed E-state index contributed by atoms with van der Waals surface area (Å²) < 4.78 is 5.47. The molecule has 0 radical (unpaired) electrons. The fraction of sp³-hybridized carbons (Fsp3) is 0.267. The second-order valence-electron chi connectivity index (χ2n) is 4.58. The van der Waals surface area contributed by atoms with Crippen molar-refractivity contribution < 1.29 is 14.3 Å². The van der Waals surface area contributed by atoms with Crippen LogP contribution in [-0.2, 0) is 11.3 Å². The van der Waals surface area contributed by atoms with Crippen LogP contribution in [0.25, 0.3) is 0 Å². The van der Waals surface area contributed by atoms with Gasteiger partial charge in [0.2, 0.25) is 5.91 Å². The number of rotatable bonds is 5. The molecular weight excluding hydrogens is 256 g/mol. The Kier molecular flexibility index (Phi) is 4.42. The molecular formula is C15H18N2O3. The predicted molar refractivity (Wildman–Crippen MR) is 77.7 cm³/mol. The number of aryl methyl sites for hydroxylation is 2. The van der Waals surface area contributed by atoms with Crippen molar-refractivity contribution in [3.05, 3.63) is 47.4 Å². The maximum atomic E-state index is 11.1. The van der Waals surface area contributed by atoms with E-state index in [0.29, 0.717) is 12.2 Å². The average Bonchev–Trinajstić information content (AvgIpc) is 2.75. The van der Waals surface area contributed by atoms with Crippen LogP contribution in [0.5, 0.6) is 0 Å². The summed E-state index contributed by atoms with van der Waals surface area (Å²) in [7, 11) is 0. The van der Waals surface area contributed by atoms with Gasteiger partial charge < -0.3 is 20.2 Å². The van der Waals surface area contributed by atoms with E-state index in [1.165, 1.54) is 0 Å². The minimum absolute atomic E-state index is 0.427. The van der Waals surface area contributed by atoms with Crippen LogP contribution in [0.3, 0.4) is 0 Å². The van der Waals surface area contributed by atoms with E-state index >= 15 is 0 Å². The van der Waals surface area contributed by atoms with Crippen LogP contribution >= 0.6 is 0 Å². The Balaban J connectivity index is 2.01. The molecule has 0 atom stereocenters. The van der Waals surface area contributed by atoms with Crippen molar-refractivity contribution in [2.75, 3.05) is 17.2 Å². The lowest BCUT2D eigenvalue weighted by Crippen LogP contribution is -2.15. The average molecular weight is 274 g/mol. The molecule has 5 nitrogen and oxygen atoms in total. The third-order valence-corrected chi connectivity index (χ3v) is 2.92. The fourth-order valence-corrected chi connectivity index (χ4v) is 1.96. The topological polar surface area (TPSA) is 74.5 Å². The number of nitrogens with one attached hydrogen (secondary N) is 2. The highest BCUT2D eigenvalue weighted by Gasteiger charge is 2.05. The number of furan rings is 1. The van der Waals surface area contributed by atoms with E-state index < -0.39 is 12.5 Å². The molecule has 1 aromatic carbocycles. The van der Waals surface area contributed by atoms with Gasteiger partial charge in [-0.2, -0.15) is 0 Å². The van der Waals surface area contributed by atoms with Crippen LogP contribution in [-0.4, -0.2) is 17.6 Å². The zero-order valence-corrected chi connectivity index (χ0v) is 11.6. The Morgan fingerprint density at radius 1 is 1.25 bits per heavy atom. The van der Waals surface area contributed by atoms with Crippen LogP contribution in [0.1, 0.15) is 17.1 Å². The molecule has 0 aliphatic carbocycles. The monoisotopic (exact) mass is 274 g/mol. The molecule has 0 unspecified atom stereocenters. The van der Waals surface area contributed by atoms with Gasteiger partial charge in [0.25, 0.3) is 0 Å². The first-order chi connectivity index (χ1) is 9.58. The Labute approximate surface area is 117 Å². The summed E-state index contributed by atoms with van der Waals surface area (Å²) in [5.41, 5.74) is 2.64. The second kappa shape index (κ2) is 6.25. The molecule has 1 aromatic heterocycles. The third kappa shape index (κ3) is 3.61. The number of amides is 1. The molecule has 0 aliphatic rings. The first kappa shape index (κ1) is 14.1. The number of carbonyl (C=O) groups is 1. The zero-order valence-electron chi connectivity index (χ0n) is 11.6. The summed E-state index contributed by atoms with van der Waals surface area (Å²) in [4.78, 5) is 11.1. The van der Waals surface area contributed by atoms with Gasteiger partial charge in [0.1, 0.15) is 18.1 Å². The van der Waals surface area contributed by atoms with Gasteiger partial charge in [0.15, 0.2) is 0 Å². The first-order valence-corrected chi connectivity index (χ1v) is 6.39. The number of carbonyl (C=O) groups excluding carboxylic acids is 1. The van der Waals surface area contributed by atoms with E-state index in [1.807, 2.05) is 38.1 Å². The van der Waals surface area contributed by atoms with Gasteiger partial charge in [0, 0.05) is 23.5 Å². The van der Waals surface area contributed by atoms with Crippen LogP contribution < -0.4 is 10.6 Å². The lowest BCUT2D eigenvalue weighted by molar-refractivity contribution is -0.118. The Bertz CT molecular complexity index is 605. The molecule has 2 rings (SSSR count). The van der Waals surface area contributed by atoms with E-state index in [0.717, 1.165) is 22.8 Å². The third-order valence-electron chi connectivity index (χ3n) is 2.92. The van der Waals surface area contributed by atoms with Gasteiger partial charge in [-0.15, -0.1) is 0 Å². The van der Waals surface area contributed by atoms with Gasteiger partial charge >= 0.3 is 0 Å². The van der Waals surface area contributed by atoms with Crippen molar-refractivity contribution in [1.29, 1.82) is 0 Å². The molecule has 0 saturated heterocycles. The summed E-state index contributed by atoms with van der Waals surface area (Å²) in [5.74, 6) is 1.37. The maximum absolute atomic E-state index is 11.1. The highest BCUT2D eigenvalue weighted by Crippen LogP contribution is 2.18. The zero-order chi connectivity index (χ0) is 14.5. The molecule has 2 aromatic rings. The summed E-state index contributed by atoms with van der Waals surface area (Å²) in [6.07, 6.45) is 0. The summed E-state index contributed by atoms with van der Waals surface area (Å²) in [5, 5.41) is 14.6. The van der Waals surface area contributed by atoms with Gasteiger partial charge in [0.05, 0.1) is 0 Å². The van der Waals surface area contributed by atoms with Crippen molar-refractivity contribution in [2.45, 2.75) is 20.4 Å². The van der Waals surface area contributed by atoms with Crippen molar-refractivity contribution in [1.82, 2.24) is 0 Å².